The first-order valence-electron chi connectivity index (χ1n) is 13.7. The van der Waals surface area contributed by atoms with Gasteiger partial charge in [-0.05, 0) is 48.4 Å². The number of benzene rings is 4. The molecule has 1 amide bonds. The summed E-state index contributed by atoms with van der Waals surface area (Å²) in [6.07, 6.45) is -0.144. The first-order chi connectivity index (χ1) is 19.6. The lowest BCUT2D eigenvalue weighted by Gasteiger charge is -2.36. The van der Waals surface area contributed by atoms with Crippen molar-refractivity contribution in [1.29, 1.82) is 0 Å². The summed E-state index contributed by atoms with van der Waals surface area (Å²) in [6.45, 7) is 4.81. The van der Waals surface area contributed by atoms with Crippen molar-refractivity contribution in [3.63, 3.8) is 0 Å². The SMILES string of the molecule is CC(Oc1cccc2c1cc(C(=O)N1CCN(c3ccccc3F)CC1)n2Cc1ccccc1)c1ccccc1. The van der Waals surface area contributed by atoms with E-state index in [-0.39, 0.29) is 17.8 Å². The molecule has 1 aromatic heterocycles. The third-order valence-electron chi connectivity index (χ3n) is 7.64. The van der Waals surface area contributed by atoms with Crippen LogP contribution in [0.3, 0.4) is 0 Å². The Hall–Kier alpha value is -4.58. The molecule has 1 unspecified atom stereocenters. The van der Waals surface area contributed by atoms with Crippen LogP contribution in [0, 0.1) is 5.82 Å². The van der Waals surface area contributed by atoms with Crippen molar-refractivity contribution in [3.8, 4) is 5.75 Å². The van der Waals surface area contributed by atoms with Gasteiger partial charge >= 0.3 is 0 Å². The van der Waals surface area contributed by atoms with Gasteiger partial charge in [-0.1, -0.05) is 78.9 Å². The molecule has 1 saturated heterocycles. The van der Waals surface area contributed by atoms with Gasteiger partial charge in [0.05, 0.1) is 11.2 Å². The standard InChI is InChI=1S/C34H32FN3O2/c1-25(27-13-6-3-7-14-27)40-33-18-10-17-30-28(33)23-32(38(30)24-26-11-4-2-5-12-26)34(39)37-21-19-36(20-22-37)31-16-9-8-15-29(31)35/h2-18,23,25H,19-22,24H2,1H3. The molecule has 1 aliphatic heterocycles. The average molecular weight is 534 g/mol. The minimum Gasteiger partial charge on any atom is -0.485 e. The molecule has 4 aromatic carbocycles. The van der Waals surface area contributed by atoms with Crippen molar-refractivity contribution < 1.29 is 13.9 Å². The minimum atomic E-state index is -0.234. The number of halogens is 1. The molecule has 0 aliphatic carbocycles. The van der Waals surface area contributed by atoms with E-state index in [1.807, 2.05) is 83.5 Å². The zero-order chi connectivity index (χ0) is 27.5. The first kappa shape index (κ1) is 25.7. The van der Waals surface area contributed by atoms with Gasteiger partial charge in [0.15, 0.2) is 0 Å². The smallest absolute Gasteiger partial charge is 0.270 e. The normalized spacial score (nSPS) is 14.3. The maximum atomic E-state index is 14.4. The predicted molar refractivity (Wildman–Crippen MR) is 157 cm³/mol. The zero-order valence-electron chi connectivity index (χ0n) is 22.5. The largest absolute Gasteiger partial charge is 0.485 e. The number of amides is 1. The highest BCUT2D eigenvalue weighted by Crippen LogP contribution is 2.33. The van der Waals surface area contributed by atoms with Crippen LogP contribution in [-0.2, 0) is 6.54 Å². The Labute approximate surface area is 234 Å². The molecule has 1 atom stereocenters. The van der Waals surface area contributed by atoms with Gasteiger partial charge in [0.2, 0.25) is 0 Å². The summed E-state index contributed by atoms with van der Waals surface area (Å²) < 4.78 is 22.9. The van der Waals surface area contributed by atoms with Crippen LogP contribution >= 0.6 is 0 Å². The second-order valence-electron chi connectivity index (χ2n) is 10.2. The Morgan fingerprint density at radius 1 is 0.825 bits per heavy atom. The van der Waals surface area contributed by atoms with Gasteiger partial charge in [0.1, 0.15) is 23.4 Å². The topological polar surface area (TPSA) is 37.7 Å². The van der Waals surface area contributed by atoms with Gasteiger partial charge in [-0.3, -0.25) is 4.79 Å². The number of fused-ring (bicyclic) bond motifs is 1. The van der Waals surface area contributed by atoms with E-state index in [1.54, 1.807) is 12.1 Å². The molecular formula is C34H32FN3O2. The second-order valence-corrected chi connectivity index (χ2v) is 10.2. The lowest BCUT2D eigenvalue weighted by Crippen LogP contribution is -2.49. The summed E-state index contributed by atoms with van der Waals surface area (Å²) in [4.78, 5) is 17.9. The van der Waals surface area contributed by atoms with Crippen LogP contribution in [0.1, 0.15) is 34.6 Å². The Balaban J connectivity index is 1.32. The number of rotatable bonds is 7. The van der Waals surface area contributed by atoms with Gasteiger partial charge in [0.25, 0.3) is 5.91 Å². The van der Waals surface area contributed by atoms with Crippen molar-refractivity contribution in [2.75, 3.05) is 31.1 Å². The van der Waals surface area contributed by atoms with Crippen LogP contribution in [0.5, 0.6) is 5.75 Å². The van der Waals surface area contributed by atoms with E-state index in [0.29, 0.717) is 44.1 Å². The van der Waals surface area contributed by atoms with E-state index in [2.05, 4.69) is 28.8 Å². The fraction of sp³-hybridized carbons (Fsp3) is 0.206. The molecule has 202 valence electrons. The Morgan fingerprint density at radius 3 is 2.23 bits per heavy atom. The molecule has 6 heteroatoms. The molecule has 0 radical (unpaired) electrons. The molecule has 2 heterocycles. The fourth-order valence-corrected chi connectivity index (χ4v) is 5.48. The van der Waals surface area contributed by atoms with E-state index < -0.39 is 0 Å². The van der Waals surface area contributed by atoms with Crippen molar-refractivity contribution in [2.45, 2.75) is 19.6 Å². The third-order valence-corrected chi connectivity index (χ3v) is 7.64. The van der Waals surface area contributed by atoms with Gasteiger partial charge in [-0.2, -0.15) is 0 Å². The summed E-state index contributed by atoms with van der Waals surface area (Å²) in [5, 5.41) is 0.912. The number of piperazine rings is 1. The lowest BCUT2D eigenvalue weighted by atomic mass is 10.1. The van der Waals surface area contributed by atoms with Gasteiger partial charge in [-0.25, -0.2) is 4.39 Å². The molecule has 1 fully saturated rings. The highest BCUT2D eigenvalue weighted by Gasteiger charge is 2.27. The Kier molecular flexibility index (Phi) is 7.23. The van der Waals surface area contributed by atoms with E-state index >= 15 is 0 Å². The van der Waals surface area contributed by atoms with E-state index in [0.717, 1.165) is 27.8 Å². The van der Waals surface area contributed by atoms with E-state index in [4.69, 9.17) is 4.74 Å². The van der Waals surface area contributed by atoms with Crippen molar-refractivity contribution in [1.82, 2.24) is 9.47 Å². The van der Waals surface area contributed by atoms with E-state index in [9.17, 15) is 9.18 Å². The quantitative estimate of drug-likeness (QED) is 0.228. The summed E-state index contributed by atoms with van der Waals surface area (Å²) >= 11 is 0. The molecule has 1 aliphatic rings. The van der Waals surface area contributed by atoms with Crippen molar-refractivity contribution >= 4 is 22.5 Å². The molecule has 0 N–H and O–H groups in total. The van der Waals surface area contributed by atoms with Crippen molar-refractivity contribution in [3.05, 3.63) is 132 Å². The molecule has 0 bridgehead atoms. The molecule has 40 heavy (non-hydrogen) atoms. The summed E-state index contributed by atoms with van der Waals surface area (Å²) in [7, 11) is 0. The molecular weight excluding hydrogens is 501 g/mol. The van der Waals surface area contributed by atoms with Crippen LogP contribution in [-0.4, -0.2) is 41.6 Å². The number of ether oxygens (including phenoxy) is 1. The second kappa shape index (κ2) is 11.3. The summed E-state index contributed by atoms with van der Waals surface area (Å²) in [5.41, 5.74) is 4.37. The van der Waals surface area contributed by atoms with Crippen LogP contribution in [0.2, 0.25) is 0 Å². The molecule has 5 aromatic rings. The van der Waals surface area contributed by atoms with Crippen LogP contribution in [0.25, 0.3) is 10.9 Å². The Morgan fingerprint density at radius 2 is 1.50 bits per heavy atom. The minimum absolute atomic E-state index is 0.0256. The highest BCUT2D eigenvalue weighted by molar-refractivity contribution is 6.00. The Bertz CT molecular complexity index is 1610. The molecule has 6 rings (SSSR count). The number of carbonyl (C=O) groups is 1. The van der Waals surface area contributed by atoms with Gasteiger partial charge < -0.3 is 19.1 Å². The number of hydrogen-bond acceptors (Lipinski definition) is 3. The predicted octanol–water partition coefficient (Wildman–Crippen LogP) is 6.93. The monoisotopic (exact) mass is 533 g/mol. The van der Waals surface area contributed by atoms with Crippen LogP contribution in [0.4, 0.5) is 10.1 Å². The molecule has 0 spiro atoms. The zero-order valence-corrected chi connectivity index (χ0v) is 22.5. The van der Waals surface area contributed by atoms with Crippen molar-refractivity contribution in [2.24, 2.45) is 0 Å². The summed E-state index contributed by atoms with van der Waals surface area (Å²) in [6, 6.07) is 35.1. The van der Waals surface area contributed by atoms with Crippen LogP contribution in [0.15, 0.2) is 109 Å². The molecule has 5 nitrogen and oxygen atoms in total. The van der Waals surface area contributed by atoms with Gasteiger partial charge in [0, 0.05) is 38.1 Å². The number of nitrogens with zero attached hydrogens (tertiary/aromatic N) is 3. The first-order valence-corrected chi connectivity index (χ1v) is 13.7. The lowest BCUT2D eigenvalue weighted by molar-refractivity contribution is 0.0736. The number of para-hydroxylation sites is 1. The number of anilines is 1. The average Bonchev–Trinajstić information content (AvgIpc) is 3.37. The fourth-order valence-electron chi connectivity index (χ4n) is 5.48. The van der Waals surface area contributed by atoms with E-state index in [1.165, 1.54) is 6.07 Å². The van der Waals surface area contributed by atoms with Gasteiger partial charge in [-0.15, -0.1) is 0 Å². The number of aromatic nitrogens is 1. The number of carbonyl (C=O) groups excluding carboxylic acids is 1. The summed E-state index contributed by atoms with van der Waals surface area (Å²) in [5.74, 6) is 0.490. The number of hydrogen-bond donors (Lipinski definition) is 0. The highest BCUT2D eigenvalue weighted by atomic mass is 19.1. The maximum Gasteiger partial charge on any atom is 0.270 e. The molecule has 0 saturated carbocycles. The third kappa shape index (κ3) is 5.17. The maximum absolute atomic E-state index is 14.4. The van der Waals surface area contributed by atoms with Crippen LogP contribution < -0.4 is 9.64 Å².